The molecule has 0 heterocycles. The van der Waals surface area contributed by atoms with Gasteiger partial charge < -0.3 is 15.3 Å². The summed E-state index contributed by atoms with van der Waals surface area (Å²) in [6.07, 6.45) is 1.92. The average molecular weight is 256 g/mol. The molecule has 0 radical (unpaired) electrons. The molecule has 98 valence electrons. The van der Waals surface area contributed by atoms with E-state index in [0.29, 0.717) is 11.1 Å². The van der Waals surface area contributed by atoms with Crippen LogP contribution in [0.2, 0.25) is 0 Å². The first-order chi connectivity index (χ1) is 9.11. The molecule has 2 rings (SSSR count). The zero-order chi connectivity index (χ0) is 13.8. The van der Waals surface area contributed by atoms with Gasteiger partial charge in [0, 0.05) is 11.1 Å². The van der Waals surface area contributed by atoms with Crippen molar-refractivity contribution in [3.63, 3.8) is 0 Å². The fourth-order valence-corrected chi connectivity index (χ4v) is 1.94. The fourth-order valence-electron chi connectivity index (χ4n) is 1.94. The summed E-state index contributed by atoms with van der Waals surface area (Å²) in [4.78, 5) is 0. The third-order valence-electron chi connectivity index (χ3n) is 2.97. The maximum atomic E-state index is 9.93. The van der Waals surface area contributed by atoms with E-state index < -0.39 is 0 Å². The molecule has 0 unspecified atom stereocenters. The molecule has 3 N–H and O–H groups in total. The van der Waals surface area contributed by atoms with Crippen LogP contribution in [0, 0.1) is 0 Å². The third-order valence-corrected chi connectivity index (χ3v) is 2.97. The van der Waals surface area contributed by atoms with E-state index in [2.05, 4.69) is 0 Å². The number of hydrogen-bond donors (Lipinski definition) is 3. The highest BCUT2D eigenvalue weighted by molar-refractivity contribution is 5.83. The van der Waals surface area contributed by atoms with Crippen molar-refractivity contribution in [2.75, 3.05) is 0 Å². The molecule has 19 heavy (non-hydrogen) atoms. The molecule has 0 saturated carbocycles. The predicted molar refractivity (Wildman–Crippen MR) is 75.7 cm³/mol. The summed E-state index contributed by atoms with van der Waals surface area (Å²) in [5.74, 6) is 0.0302. The van der Waals surface area contributed by atoms with Gasteiger partial charge in [0.25, 0.3) is 0 Å². The average Bonchev–Trinajstić information content (AvgIpc) is 2.42. The summed E-state index contributed by atoms with van der Waals surface area (Å²) in [5, 5.41) is 28.7. The molecule has 0 fully saturated rings. The number of benzene rings is 2. The lowest BCUT2D eigenvalue weighted by Crippen LogP contribution is -1.88. The molecule has 0 spiro atoms. The van der Waals surface area contributed by atoms with Crippen LogP contribution in [0.3, 0.4) is 0 Å². The van der Waals surface area contributed by atoms with Gasteiger partial charge in [-0.3, -0.25) is 0 Å². The SMILES string of the molecule is CC(=Cc1ccccc1)c1cc(O)c(CO)cc1O. The molecule has 0 atom stereocenters. The molecule has 0 amide bonds. The lowest BCUT2D eigenvalue weighted by atomic mass is 10.0. The molecule has 0 aliphatic carbocycles. The van der Waals surface area contributed by atoms with Crippen molar-refractivity contribution in [2.24, 2.45) is 0 Å². The lowest BCUT2D eigenvalue weighted by molar-refractivity contribution is 0.274. The number of phenols is 2. The van der Waals surface area contributed by atoms with Crippen molar-refractivity contribution in [1.82, 2.24) is 0 Å². The first-order valence-corrected chi connectivity index (χ1v) is 6.01. The van der Waals surface area contributed by atoms with E-state index in [1.807, 2.05) is 43.3 Å². The Bertz CT molecular complexity index is 601. The monoisotopic (exact) mass is 256 g/mol. The van der Waals surface area contributed by atoms with Crippen LogP contribution < -0.4 is 0 Å². The van der Waals surface area contributed by atoms with Crippen LogP contribution in [-0.4, -0.2) is 15.3 Å². The molecule has 0 aromatic heterocycles. The molecule has 0 saturated heterocycles. The van der Waals surface area contributed by atoms with Gasteiger partial charge in [-0.25, -0.2) is 0 Å². The van der Waals surface area contributed by atoms with E-state index in [1.54, 1.807) is 0 Å². The second kappa shape index (κ2) is 5.59. The standard InChI is InChI=1S/C16H16O3/c1-11(7-12-5-3-2-4-6-12)14-9-15(18)13(10-17)8-16(14)19/h2-9,17-19H,10H2,1H3. The van der Waals surface area contributed by atoms with E-state index in [-0.39, 0.29) is 18.1 Å². The largest absolute Gasteiger partial charge is 0.508 e. The number of aromatic hydroxyl groups is 2. The number of allylic oxidation sites excluding steroid dienone is 1. The van der Waals surface area contributed by atoms with Crippen molar-refractivity contribution in [2.45, 2.75) is 13.5 Å². The van der Waals surface area contributed by atoms with E-state index in [4.69, 9.17) is 5.11 Å². The van der Waals surface area contributed by atoms with Gasteiger partial charge in [0.2, 0.25) is 0 Å². The molecule has 0 aliphatic rings. The van der Waals surface area contributed by atoms with Crippen LogP contribution in [0.5, 0.6) is 11.5 Å². The van der Waals surface area contributed by atoms with Crippen molar-refractivity contribution in [3.05, 3.63) is 59.2 Å². The number of rotatable bonds is 3. The Labute approximate surface area is 112 Å². The Balaban J connectivity index is 2.42. The first kappa shape index (κ1) is 13.2. The number of phenolic OH excluding ortho intramolecular Hbond substituents is 1. The Morgan fingerprint density at radius 3 is 2.37 bits per heavy atom. The normalized spacial score (nSPS) is 11.6. The van der Waals surface area contributed by atoms with Gasteiger partial charge in [-0.05, 0) is 30.2 Å². The van der Waals surface area contributed by atoms with E-state index in [0.717, 1.165) is 11.1 Å². The minimum Gasteiger partial charge on any atom is -0.508 e. The van der Waals surface area contributed by atoms with E-state index in [1.165, 1.54) is 12.1 Å². The van der Waals surface area contributed by atoms with Crippen LogP contribution in [-0.2, 0) is 6.61 Å². The van der Waals surface area contributed by atoms with Crippen LogP contribution in [0.25, 0.3) is 11.6 Å². The number of aliphatic hydroxyl groups excluding tert-OH is 1. The molecule has 2 aromatic rings. The van der Waals surface area contributed by atoms with Crippen molar-refractivity contribution >= 4 is 11.6 Å². The highest BCUT2D eigenvalue weighted by Gasteiger charge is 2.09. The summed E-state index contributed by atoms with van der Waals surface area (Å²) in [5.41, 5.74) is 2.72. The lowest BCUT2D eigenvalue weighted by Gasteiger charge is -2.09. The summed E-state index contributed by atoms with van der Waals surface area (Å²) in [7, 11) is 0. The molecular weight excluding hydrogens is 240 g/mol. The molecule has 0 bridgehead atoms. The Kier molecular flexibility index (Phi) is 3.88. The van der Waals surface area contributed by atoms with Gasteiger partial charge in [0.1, 0.15) is 11.5 Å². The van der Waals surface area contributed by atoms with Gasteiger partial charge in [0.15, 0.2) is 0 Å². The quantitative estimate of drug-likeness (QED) is 0.584. The van der Waals surface area contributed by atoms with Gasteiger partial charge in [0.05, 0.1) is 6.61 Å². The van der Waals surface area contributed by atoms with Crippen molar-refractivity contribution in [1.29, 1.82) is 0 Å². The zero-order valence-corrected chi connectivity index (χ0v) is 10.7. The first-order valence-electron chi connectivity index (χ1n) is 6.01. The highest BCUT2D eigenvalue weighted by Crippen LogP contribution is 2.32. The van der Waals surface area contributed by atoms with E-state index in [9.17, 15) is 10.2 Å². The van der Waals surface area contributed by atoms with Crippen molar-refractivity contribution < 1.29 is 15.3 Å². The minimum absolute atomic E-state index is 0.0175. The number of aliphatic hydroxyl groups is 1. The van der Waals surface area contributed by atoms with E-state index >= 15 is 0 Å². The van der Waals surface area contributed by atoms with Gasteiger partial charge in [-0.15, -0.1) is 0 Å². The summed E-state index contributed by atoms with van der Waals surface area (Å²) in [6, 6.07) is 12.6. The Hall–Kier alpha value is -2.26. The molecule has 2 aromatic carbocycles. The highest BCUT2D eigenvalue weighted by atomic mass is 16.3. The number of hydrogen-bond acceptors (Lipinski definition) is 3. The van der Waals surface area contributed by atoms with Gasteiger partial charge in [-0.1, -0.05) is 36.4 Å². The van der Waals surface area contributed by atoms with Crippen molar-refractivity contribution in [3.8, 4) is 11.5 Å². The zero-order valence-electron chi connectivity index (χ0n) is 10.7. The summed E-state index contributed by atoms with van der Waals surface area (Å²) >= 11 is 0. The molecule has 3 nitrogen and oxygen atoms in total. The maximum Gasteiger partial charge on any atom is 0.123 e. The Morgan fingerprint density at radius 1 is 1.05 bits per heavy atom. The Morgan fingerprint density at radius 2 is 1.74 bits per heavy atom. The second-order valence-electron chi connectivity index (χ2n) is 4.39. The summed E-state index contributed by atoms with van der Waals surface area (Å²) < 4.78 is 0. The van der Waals surface area contributed by atoms with Crippen LogP contribution >= 0.6 is 0 Å². The molecular formula is C16H16O3. The summed E-state index contributed by atoms with van der Waals surface area (Å²) in [6.45, 7) is 1.56. The van der Waals surface area contributed by atoms with Crippen LogP contribution in [0.4, 0.5) is 0 Å². The molecule has 0 aliphatic heterocycles. The second-order valence-corrected chi connectivity index (χ2v) is 4.39. The van der Waals surface area contributed by atoms with Crippen LogP contribution in [0.1, 0.15) is 23.6 Å². The van der Waals surface area contributed by atoms with Gasteiger partial charge >= 0.3 is 0 Å². The van der Waals surface area contributed by atoms with Crippen LogP contribution in [0.15, 0.2) is 42.5 Å². The smallest absolute Gasteiger partial charge is 0.123 e. The van der Waals surface area contributed by atoms with Gasteiger partial charge in [-0.2, -0.15) is 0 Å². The maximum absolute atomic E-state index is 9.93. The fraction of sp³-hybridized carbons (Fsp3) is 0.125. The third kappa shape index (κ3) is 2.95. The predicted octanol–water partition coefficient (Wildman–Crippen LogP) is 3.15. The minimum atomic E-state index is -0.304. The molecule has 3 heteroatoms. The topological polar surface area (TPSA) is 60.7 Å².